The molecule has 1 aliphatic heterocycles. The Balaban J connectivity index is 1.65. The van der Waals surface area contributed by atoms with Crippen LogP contribution in [0.1, 0.15) is 28.8 Å². The second kappa shape index (κ2) is 5.76. The lowest BCUT2D eigenvalue weighted by molar-refractivity contribution is 0.103. The van der Waals surface area contributed by atoms with Crippen molar-refractivity contribution in [3.8, 4) is 0 Å². The van der Waals surface area contributed by atoms with Crippen LogP contribution >= 0.6 is 0 Å². The molecule has 0 amide bonds. The van der Waals surface area contributed by atoms with Gasteiger partial charge in [-0.05, 0) is 44.5 Å². The Bertz CT molecular complexity index is 563. The van der Waals surface area contributed by atoms with Crippen molar-refractivity contribution in [1.29, 1.82) is 0 Å². The summed E-state index contributed by atoms with van der Waals surface area (Å²) in [5.74, 6) is 0.871. The molecule has 2 aliphatic rings. The number of allylic oxidation sites excluding steroid dienone is 4. The summed E-state index contributed by atoms with van der Waals surface area (Å²) < 4.78 is 0. The van der Waals surface area contributed by atoms with Crippen LogP contribution in [0.25, 0.3) is 0 Å². The van der Waals surface area contributed by atoms with Crippen molar-refractivity contribution >= 4 is 5.78 Å². The minimum Gasteiger partial charge on any atom is -0.306 e. The second-order valence-corrected chi connectivity index (χ2v) is 5.88. The van der Waals surface area contributed by atoms with Crippen molar-refractivity contribution in [3.05, 3.63) is 59.2 Å². The maximum absolute atomic E-state index is 12.2. The van der Waals surface area contributed by atoms with E-state index in [1.54, 1.807) is 0 Å². The Labute approximate surface area is 120 Å². The standard InChI is InChI=1S/C18H21NO/c1-19-11-9-14(10-12-19)5-4-7-16-13-15-6-2-3-8-17(15)18(16)20/h2-8,14H,9-13H2,1H3/b5-4+,16-7+. The highest BCUT2D eigenvalue weighted by molar-refractivity contribution is 6.13. The van der Waals surface area contributed by atoms with Crippen LogP contribution < -0.4 is 0 Å². The molecule has 1 aromatic carbocycles. The van der Waals surface area contributed by atoms with Crippen LogP contribution in [0.15, 0.2) is 48.1 Å². The molecule has 2 nitrogen and oxygen atoms in total. The molecule has 20 heavy (non-hydrogen) atoms. The number of fused-ring (bicyclic) bond motifs is 1. The summed E-state index contributed by atoms with van der Waals surface area (Å²) >= 11 is 0. The van der Waals surface area contributed by atoms with Crippen molar-refractivity contribution in [3.63, 3.8) is 0 Å². The van der Waals surface area contributed by atoms with Gasteiger partial charge in [0, 0.05) is 17.6 Å². The molecule has 0 N–H and O–H groups in total. The summed E-state index contributed by atoms with van der Waals surface area (Å²) in [5.41, 5.74) is 2.97. The average molecular weight is 267 g/mol. The largest absolute Gasteiger partial charge is 0.306 e. The van der Waals surface area contributed by atoms with Gasteiger partial charge >= 0.3 is 0 Å². The number of hydrogen-bond acceptors (Lipinski definition) is 2. The van der Waals surface area contributed by atoms with Crippen molar-refractivity contribution in [2.24, 2.45) is 5.92 Å². The van der Waals surface area contributed by atoms with Crippen molar-refractivity contribution in [2.75, 3.05) is 20.1 Å². The molecule has 1 aliphatic carbocycles. The van der Waals surface area contributed by atoms with Gasteiger partial charge in [-0.2, -0.15) is 0 Å². The lowest BCUT2D eigenvalue weighted by atomic mass is 9.96. The molecule has 0 saturated carbocycles. The monoisotopic (exact) mass is 267 g/mol. The summed E-state index contributed by atoms with van der Waals surface area (Å²) in [4.78, 5) is 14.6. The Kier molecular flexibility index (Phi) is 3.83. The van der Waals surface area contributed by atoms with Gasteiger partial charge in [0.15, 0.2) is 5.78 Å². The zero-order valence-electron chi connectivity index (χ0n) is 12.0. The molecule has 1 fully saturated rings. The molecule has 1 saturated heterocycles. The zero-order chi connectivity index (χ0) is 13.9. The molecule has 3 rings (SSSR count). The van der Waals surface area contributed by atoms with Gasteiger partial charge in [0.1, 0.15) is 0 Å². The molecule has 1 heterocycles. The van der Waals surface area contributed by atoms with Gasteiger partial charge in [-0.25, -0.2) is 0 Å². The third-order valence-electron chi connectivity index (χ3n) is 4.38. The van der Waals surface area contributed by atoms with E-state index in [2.05, 4.69) is 30.2 Å². The first-order valence-electron chi connectivity index (χ1n) is 7.42. The van der Waals surface area contributed by atoms with E-state index >= 15 is 0 Å². The number of rotatable bonds is 2. The highest BCUT2D eigenvalue weighted by Crippen LogP contribution is 2.26. The number of Topliss-reactive ketones (excluding diaryl/α,β-unsaturated/α-hetero) is 1. The van der Waals surface area contributed by atoms with Gasteiger partial charge in [-0.1, -0.05) is 42.5 Å². The van der Waals surface area contributed by atoms with E-state index in [0.717, 1.165) is 23.1 Å². The van der Waals surface area contributed by atoms with Gasteiger partial charge in [0.2, 0.25) is 0 Å². The molecule has 0 spiro atoms. The first-order valence-corrected chi connectivity index (χ1v) is 7.42. The summed E-state index contributed by atoms with van der Waals surface area (Å²) in [5, 5.41) is 0. The number of nitrogens with zero attached hydrogens (tertiary/aromatic N) is 1. The number of hydrogen-bond donors (Lipinski definition) is 0. The second-order valence-electron chi connectivity index (χ2n) is 5.88. The van der Waals surface area contributed by atoms with E-state index in [9.17, 15) is 4.79 Å². The number of ketones is 1. The van der Waals surface area contributed by atoms with Crippen LogP contribution in [-0.2, 0) is 6.42 Å². The molecule has 0 radical (unpaired) electrons. The SMILES string of the molecule is CN1CCC(/C=C/C=C2\Cc3ccccc3C2=O)CC1. The molecule has 2 heteroatoms. The van der Waals surface area contributed by atoms with Crippen molar-refractivity contribution in [1.82, 2.24) is 4.90 Å². The van der Waals surface area contributed by atoms with E-state index in [0.29, 0.717) is 5.92 Å². The van der Waals surface area contributed by atoms with E-state index in [1.165, 1.54) is 25.9 Å². The van der Waals surface area contributed by atoms with Gasteiger partial charge in [-0.15, -0.1) is 0 Å². The Morgan fingerprint density at radius 3 is 2.70 bits per heavy atom. The Morgan fingerprint density at radius 2 is 1.95 bits per heavy atom. The van der Waals surface area contributed by atoms with E-state index < -0.39 is 0 Å². The Hall–Kier alpha value is -1.67. The highest BCUT2D eigenvalue weighted by atomic mass is 16.1. The van der Waals surface area contributed by atoms with Crippen LogP contribution in [-0.4, -0.2) is 30.8 Å². The third-order valence-corrected chi connectivity index (χ3v) is 4.38. The molecular weight excluding hydrogens is 246 g/mol. The third kappa shape index (κ3) is 2.75. The molecule has 1 aromatic rings. The summed E-state index contributed by atoms with van der Waals surface area (Å²) in [6.07, 6.45) is 9.62. The molecule has 0 bridgehead atoms. The fourth-order valence-electron chi connectivity index (χ4n) is 3.04. The maximum Gasteiger partial charge on any atom is 0.189 e. The van der Waals surface area contributed by atoms with Crippen LogP contribution in [0.4, 0.5) is 0 Å². The molecular formula is C18H21NO. The van der Waals surface area contributed by atoms with Crippen molar-refractivity contribution in [2.45, 2.75) is 19.3 Å². The normalized spacial score (nSPS) is 22.9. The topological polar surface area (TPSA) is 20.3 Å². The fourth-order valence-corrected chi connectivity index (χ4v) is 3.04. The summed E-state index contributed by atoms with van der Waals surface area (Å²) in [7, 11) is 2.18. The molecule has 104 valence electrons. The molecule has 0 aromatic heterocycles. The van der Waals surface area contributed by atoms with Gasteiger partial charge in [0.25, 0.3) is 0 Å². The van der Waals surface area contributed by atoms with E-state index in [1.807, 2.05) is 24.3 Å². The summed E-state index contributed by atoms with van der Waals surface area (Å²) in [6.45, 7) is 2.35. The van der Waals surface area contributed by atoms with Crippen LogP contribution in [0.3, 0.4) is 0 Å². The average Bonchev–Trinajstić information content (AvgIpc) is 2.78. The number of likely N-dealkylation sites (tertiary alicyclic amines) is 1. The Morgan fingerprint density at radius 1 is 1.20 bits per heavy atom. The van der Waals surface area contributed by atoms with E-state index in [-0.39, 0.29) is 5.78 Å². The highest BCUT2D eigenvalue weighted by Gasteiger charge is 2.23. The first kappa shape index (κ1) is 13.3. The van der Waals surface area contributed by atoms with Crippen molar-refractivity contribution < 1.29 is 4.79 Å². The maximum atomic E-state index is 12.2. The molecule has 0 unspecified atom stereocenters. The number of carbonyl (C=O) groups excluding carboxylic acids is 1. The predicted octanol–water partition coefficient (Wildman–Crippen LogP) is 3.25. The minimum absolute atomic E-state index is 0.202. The number of piperidine rings is 1. The number of benzene rings is 1. The minimum atomic E-state index is 0.202. The predicted molar refractivity (Wildman–Crippen MR) is 81.9 cm³/mol. The zero-order valence-corrected chi connectivity index (χ0v) is 12.0. The smallest absolute Gasteiger partial charge is 0.189 e. The van der Waals surface area contributed by atoms with Crippen LogP contribution in [0.5, 0.6) is 0 Å². The lowest BCUT2D eigenvalue weighted by Gasteiger charge is -2.26. The van der Waals surface area contributed by atoms with Crippen LogP contribution in [0, 0.1) is 5.92 Å². The van der Waals surface area contributed by atoms with Gasteiger partial charge in [0.05, 0.1) is 0 Å². The fraction of sp³-hybridized carbons (Fsp3) is 0.389. The van der Waals surface area contributed by atoms with E-state index in [4.69, 9.17) is 0 Å². The number of carbonyl (C=O) groups is 1. The quantitative estimate of drug-likeness (QED) is 0.767. The summed E-state index contributed by atoms with van der Waals surface area (Å²) in [6, 6.07) is 7.92. The van der Waals surface area contributed by atoms with Crippen LogP contribution in [0.2, 0.25) is 0 Å². The first-order chi connectivity index (χ1) is 9.74. The van der Waals surface area contributed by atoms with Gasteiger partial charge in [-0.3, -0.25) is 4.79 Å². The van der Waals surface area contributed by atoms with Gasteiger partial charge < -0.3 is 4.90 Å². The lowest BCUT2D eigenvalue weighted by Crippen LogP contribution is -2.29. The molecule has 0 atom stereocenters.